The summed E-state index contributed by atoms with van der Waals surface area (Å²) in [4.78, 5) is 0. The molecule has 3 N–H and O–H groups in total. The topological polar surface area (TPSA) is 46.2 Å². The Morgan fingerprint density at radius 2 is 1.38 bits per heavy atom. The molecule has 0 aromatic carbocycles. The molecule has 0 aromatic heterocycles. The Kier molecular flexibility index (Phi) is 7.53. The maximum absolute atomic E-state index is 10.7. The van der Waals surface area contributed by atoms with E-state index >= 15 is 0 Å². The lowest BCUT2D eigenvalue weighted by Crippen LogP contribution is -2.35. The zero-order chi connectivity index (χ0) is 15.1. The highest BCUT2D eigenvalue weighted by atomic mass is 16.3. The van der Waals surface area contributed by atoms with Crippen molar-refractivity contribution in [1.29, 1.82) is 0 Å². The SMILES string of the molecule is CC(CCC(CN)C(O)C1CCCCC1)C1CCCCC1. The van der Waals surface area contributed by atoms with Crippen molar-refractivity contribution in [2.45, 2.75) is 90.1 Å². The van der Waals surface area contributed by atoms with Crippen LogP contribution in [0.3, 0.4) is 0 Å². The van der Waals surface area contributed by atoms with Crippen LogP contribution in [0.5, 0.6) is 0 Å². The number of aliphatic hydroxyl groups is 1. The maximum atomic E-state index is 10.7. The van der Waals surface area contributed by atoms with E-state index in [1.807, 2.05) is 0 Å². The molecule has 0 amide bonds. The molecule has 3 unspecified atom stereocenters. The van der Waals surface area contributed by atoms with Crippen LogP contribution in [0.4, 0.5) is 0 Å². The fourth-order valence-corrected chi connectivity index (χ4v) is 4.70. The first-order valence-corrected chi connectivity index (χ1v) is 9.60. The molecule has 2 rings (SSSR count). The molecule has 2 nitrogen and oxygen atoms in total. The molecule has 3 atom stereocenters. The second kappa shape index (κ2) is 9.15. The monoisotopic (exact) mass is 295 g/mol. The van der Waals surface area contributed by atoms with Crippen molar-refractivity contribution in [3.8, 4) is 0 Å². The molecule has 21 heavy (non-hydrogen) atoms. The van der Waals surface area contributed by atoms with Crippen LogP contribution in [-0.2, 0) is 0 Å². The summed E-state index contributed by atoms with van der Waals surface area (Å²) in [7, 11) is 0. The molecule has 2 saturated carbocycles. The van der Waals surface area contributed by atoms with E-state index in [9.17, 15) is 5.11 Å². The van der Waals surface area contributed by atoms with Gasteiger partial charge in [0, 0.05) is 0 Å². The maximum Gasteiger partial charge on any atom is 0.0608 e. The van der Waals surface area contributed by atoms with Gasteiger partial charge >= 0.3 is 0 Å². The Balaban J connectivity index is 1.75. The summed E-state index contributed by atoms with van der Waals surface area (Å²) in [5.74, 6) is 2.61. The summed E-state index contributed by atoms with van der Waals surface area (Å²) in [5.41, 5.74) is 5.99. The van der Waals surface area contributed by atoms with Crippen molar-refractivity contribution >= 4 is 0 Å². The lowest BCUT2D eigenvalue weighted by atomic mass is 9.75. The van der Waals surface area contributed by atoms with Gasteiger partial charge in [-0.25, -0.2) is 0 Å². The highest BCUT2D eigenvalue weighted by Crippen LogP contribution is 2.35. The van der Waals surface area contributed by atoms with E-state index in [2.05, 4.69) is 6.92 Å². The average molecular weight is 296 g/mol. The zero-order valence-corrected chi connectivity index (χ0v) is 14.1. The number of hydrogen-bond donors (Lipinski definition) is 2. The highest BCUT2D eigenvalue weighted by Gasteiger charge is 2.29. The van der Waals surface area contributed by atoms with Gasteiger partial charge in [-0.3, -0.25) is 0 Å². The summed E-state index contributed by atoms with van der Waals surface area (Å²) in [6.07, 6.45) is 15.8. The molecule has 0 bridgehead atoms. The highest BCUT2D eigenvalue weighted by molar-refractivity contribution is 4.81. The Hall–Kier alpha value is -0.0800. The van der Waals surface area contributed by atoms with E-state index in [0.29, 0.717) is 18.4 Å². The van der Waals surface area contributed by atoms with Crippen LogP contribution in [0.2, 0.25) is 0 Å². The minimum absolute atomic E-state index is 0.145. The van der Waals surface area contributed by atoms with E-state index in [1.165, 1.54) is 70.6 Å². The summed E-state index contributed by atoms with van der Waals surface area (Å²) < 4.78 is 0. The van der Waals surface area contributed by atoms with Gasteiger partial charge in [0.15, 0.2) is 0 Å². The van der Waals surface area contributed by atoms with Crippen LogP contribution in [0, 0.1) is 23.7 Å². The average Bonchev–Trinajstić information content (AvgIpc) is 2.56. The third-order valence-corrected chi connectivity index (χ3v) is 6.37. The van der Waals surface area contributed by atoms with Gasteiger partial charge in [0.2, 0.25) is 0 Å². The first-order chi connectivity index (χ1) is 10.2. The van der Waals surface area contributed by atoms with Crippen molar-refractivity contribution < 1.29 is 5.11 Å². The van der Waals surface area contributed by atoms with Crippen molar-refractivity contribution in [3.63, 3.8) is 0 Å². The number of rotatable bonds is 7. The Morgan fingerprint density at radius 1 is 0.857 bits per heavy atom. The summed E-state index contributed by atoms with van der Waals surface area (Å²) in [6, 6.07) is 0. The van der Waals surface area contributed by atoms with Crippen molar-refractivity contribution in [3.05, 3.63) is 0 Å². The van der Waals surface area contributed by atoms with Gasteiger partial charge in [-0.1, -0.05) is 64.7 Å². The van der Waals surface area contributed by atoms with Gasteiger partial charge in [-0.15, -0.1) is 0 Å². The quantitative estimate of drug-likeness (QED) is 0.726. The van der Waals surface area contributed by atoms with Crippen LogP contribution in [0.25, 0.3) is 0 Å². The van der Waals surface area contributed by atoms with E-state index in [1.54, 1.807) is 0 Å². The lowest BCUT2D eigenvalue weighted by molar-refractivity contribution is 0.0294. The molecule has 2 heteroatoms. The molecule has 2 aliphatic rings. The first-order valence-electron chi connectivity index (χ1n) is 9.60. The summed E-state index contributed by atoms with van der Waals surface area (Å²) in [5, 5.41) is 10.7. The van der Waals surface area contributed by atoms with E-state index in [4.69, 9.17) is 5.73 Å². The van der Waals surface area contributed by atoms with Crippen LogP contribution >= 0.6 is 0 Å². The lowest BCUT2D eigenvalue weighted by Gasteiger charge is -2.33. The van der Waals surface area contributed by atoms with Crippen LogP contribution in [0.1, 0.15) is 84.0 Å². The third kappa shape index (κ3) is 5.25. The molecular formula is C19H37NO. The van der Waals surface area contributed by atoms with E-state index in [0.717, 1.165) is 18.3 Å². The predicted octanol–water partition coefficient (Wildman–Crippen LogP) is 4.50. The van der Waals surface area contributed by atoms with Gasteiger partial charge in [0.25, 0.3) is 0 Å². The Labute approximate surface area is 131 Å². The minimum Gasteiger partial charge on any atom is -0.393 e. The molecule has 2 fully saturated rings. The van der Waals surface area contributed by atoms with Gasteiger partial charge in [-0.2, -0.15) is 0 Å². The largest absolute Gasteiger partial charge is 0.393 e. The van der Waals surface area contributed by atoms with Crippen molar-refractivity contribution in [2.24, 2.45) is 29.4 Å². The van der Waals surface area contributed by atoms with Gasteiger partial charge in [0.05, 0.1) is 6.10 Å². The standard InChI is InChI=1S/C19H37NO/c1-15(16-8-4-2-5-9-16)12-13-18(14-20)19(21)17-10-6-3-7-11-17/h15-19,21H,2-14,20H2,1H3. The Bertz CT molecular complexity index is 269. The van der Waals surface area contributed by atoms with E-state index < -0.39 is 0 Å². The Morgan fingerprint density at radius 3 is 1.90 bits per heavy atom. The molecule has 124 valence electrons. The fourth-order valence-electron chi connectivity index (χ4n) is 4.70. The minimum atomic E-state index is -0.145. The second-order valence-corrected chi connectivity index (χ2v) is 7.84. The van der Waals surface area contributed by atoms with E-state index in [-0.39, 0.29) is 6.10 Å². The molecule has 0 aromatic rings. The molecule has 0 aliphatic heterocycles. The zero-order valence-electron chi connectivity index (χ0n) is 14.1. The first kappa shape index (κ1) is 17.3. The summed E-state index contributed by atoms with van der Waals surface area (Å²) >= 11 is 0. The molecule has 2 aliphatic carbocycles. The number of aliphatic hydroxyl groups excluding tert-OH is 1. The van der Waals surface area contributed by atoms with Crippen LogP contribution in [-0.4, -0.2) is 17.8 Å². The number of hydrogen-bond acceptors (Lipinski definition) is 2. The van der Waals surface area contributed by atoms with Crippen molar-refractivity contribution in [2.75, 3.05) is 6.54 Å². The van der Waals surface area contributed by atoms with Gasteiger partial charge in [0.1, 0.15) is 0 Å². The third-order valence-electron chi connectivity index (χ3n) is 6.37. The molecule has 0 heterocycles. The molecular weight excluding hydrogens is 258 g/mol. The van der Waals surface area contributed by atoms with Crippen molar-refractivity contribution in [1.82, 2.24) is 0 Å². The molecule has 0 radical (unpaired) electrons. The smallest absolute Gasteiger partial charge is 0.0608 e. The van der Waals surface area contributed by atoms with Gasteiger partial charge in [-0.05, 0) is 49.5 Å². The fraction of sp³-hybridized carbons (Fsp3) is 1.00. The van der Waals surface area contributed by atoms with Gasteiger partial charge < -0.3 is 10.8 Å². The number of nitrogens with two attached hydrogens (primary N) is 1. The summed E-state index contributed by atoms with van der Waals surface area (Å²) in [6.45, 7) is 3.09. The predicted molar refractivity (Wildman–Crippen MR) is 90.1 cm³/mol. The molecule has 0 spiro atoms. The second-order valence-electron chi connectivity index (χ2n) is 7.84. The van der Waals surface area contributed by atoms with Crippen LogP contribution < -0.4 is 5.73 Å². The molecule has 0 saturated heterocycles. The normalized spacial score (nSPS) is 26.4. The van der Waals surface area contributed by atoms with Crippen LogP contribution in [0.15, 0.2) is 0 Å².